The monoisotopic (exact) mass is 295 g/mol. The molecule has 1 atom stereocenters. The van der Waals surface area contributed by atoms with Gasteiger partial charge in [0.1, 0.15) is 0 Å². The summed E-state index contributed by atoms with van der Waals surface area (Å²) in [5.41, 5.74) is 4.27. The normalized spacial score (nSPS) is 12.8. The molecule has 0 aliphatic rings. The second kappa shape index (κ2) is 6.35. The molecule has 2 rings (SSSR count). The molecular formula is C20H25NO. The summed E-state index contributed by atoms with van der Waals surface area (Å²) in [6.45, 7) is 9.99. The van der Waals surface area contributed by atoms with Crippen molar-refractivity contribution < 1.29 is 4.79 Å². The van der Waals surface area contributed by atoms with Crippen LogP contribution in [0.1, 0.15) is 49.1 Å². The van der Waals surface area contributed by atoms with E-state index in [4.69, 9.17) is 0 Å². The van der Waals surface area contributed by atoms with Crippen LogP contribution < -0.4 is 5.32 Å². The van der Waals surface area contributed by atoms with Crippen LogP contribution in [0, 0.1) is 19.3 Å². The Kier molecular flexibility index (Phi) is 4.70. The number of carbonyl (C=O) groups is 1. The van der Waals surface area contributed by atoms with Gasteiger partial charge in [-0.15, -0.1) is 0 Å². The Hall–Kier alpha value is -2.09. The van der Waals surface area contributed by atoms with Gasteiger partial charge in [-0.05, 0) is 30.5 Å². The highest BCUT2D eigenvalue weighted by atomic mass is 16.2. The molecule has 0 aliphatic heterocycles. The Morgan fingerprint density at radius 2 is 1.64 bits per heavy atom. The molecule has 0 bridgehead atoms. The lowest BCUT2D eigenvalue weighted by molar-refractivity contribution is -0.129. The molecule has 0 aromatic heterocycles. The van der Waals surface area contributed by atoms with E-state index in [-0.39, 0.29) is 11.9 Å². The van der Waals surface area contributed by atoms with Gasteiger partial charge in [0, 0.05) is 5.41 Å². The molecule has 0 fully saturated rings. The summed E-state index contributed by atoms with van der Waals surface area (Å²) >= 11 is 0. The van der Waals surface area contributed by atoms with E-state index in [0.717, 1.165) is 11.1 Å². The van der Waals surface area contributed by atoms with Crippen molar-refractivity contribution in [3.8, 4) is 0 Å². The molecule has 0 spiro atoms. The maximum atomic E-state index is 12.5. The topological polar surface area (TPSA) is 29.1 Å². The number of hydrogen-bond acceptors (Lipinski definition) is 1. The molecule has 0 radical (unpaired) electrons. The van der Waals surface area contributed by atoms with Gasteiger partial charge in [-0.2, -0.15) is 0 Å². The van der Waals surface area contributed by atoms with Crippen LogP contribution in [0.15, 0.2) is 48.5 Å². The van der Waals surface area contributed by atoms with Crippen LogP contribution in [0.5, 0.6) is 0 Å². The van der Waals surface area contributed by atoms with E-state index in [0.29, 0.717) is 0 Å². The summed E-state index contributed by atoms with van der Waals surface area (Å²) in [6, 6.07) is 16.4. The smallest absolute Gasteiger partial charge is 0.226 e. The Bertz CT molecular complexity index is 653. The van der Waals surface area contributed by atoms with Gasteiger partial charge in [0.05, 0.1) is 6.04 Å². The van der Waals surface area contributed by atoms with E-state index in [1.165, 1.54) is 11.1 Å². The fraction of sp³-hybridized carbons (Fsp3) is 0.350. The van der Waals surface area contributed by atoms with Crippen LogP contribution in [0.4, 0.5) is 0 Å². The first-order chi connectivity index (χ1) is 10.3. The zero-order chi connectivity index (χ0) is 16.3. The molecule has 0 heterocycles. The molecule has 22 heavy (non-hydrogen) atoms. The van der Waals surface area contributed by atoms with Crippen LogP contribution in [0.2, 0.25) is 0 Å². The number of hydrogen-bond donors (Lipinski definition) is 1. The van der Waals surface area contributed by atoms with Crippen LogP contribution >= 0.6 is 0 Å². The lowest BCUT2D eigenvalue weighted by Gasteiger charge is -2.26. The average Bonchev–Trinajstić information content (AvgIpc) is 2.45. The maximum Gasteiger partial charge on any atom is 0.226 e. The van der Waals surface area contributed by atoms with Gasteiger partial charge >= 0.3 is 0 Å². The summed E-state index contributed by atoms with van der Waals surface area (Å²) in [7, 11) is 0. The van der Waals surface area contributed by atoms with Crippen molar-refractivity contribution in [2.75, 3.05) is 0 Å². The average molecular weight is 295 g/mol. The number of rotatable bonds is 3. The first kappa shape index (κ1) is 16.3. The van der Waals surface area contributed by atoms with Crippen molar-refractivity contribution in [2.24, 2.45) is 5.41 Å². The molecule has 1 N–H and O–H groups in total. The highest BCUT2D eigenvalue weighted by Gasteiger charge is 2.26. The zero-order valence-electron chi connectivity index (χ0n) is 14.1. The second-order valence-electron chi connectivity index (χ2n) is 6.93. The molecule has 2 nitrogen and oxygen atoms in total. The zero-order valence-corrected chi connectivity index (χ0v) is 14.1. The lowest BCUT2D eigenvalue weighted by Crippen LogP contribution is -2.38. The molecule has 1 amide bonds. The predicted molar refractivity (Wildman–Crippen MR) is 91.8 cm³/mol. The van der Waals surface area contributed by atoms with Gasteiger partial charge in [0.2, 0.25) is 5.91 Å². The Balaban J connectivity index is 2.44. The fourth-order valence-electron chi connectivity index (χ4n) is 2.48. The minimum absolute atomic E-state index is 0.0568. The third kappa shape index (κ3) is 3.76. The van der Waals surface area contributed by atoms with Gasteiger partial charge in [0.25, 0.3) is 0 Å². The van der Waals surface area contributed by atoms with Crippen LogP contribution in [-0.2, 0) is 4.79 Å². The molecule has 2 aromatic rings. The Labute approximate surface area is 133 Å². The van der Waals surface area contributed by atoms with Gasteiger partial charge in [-0.25, -0.2) is 0 Å². The van der Waals surface area contributed by atoms with E-state index < -0.39 is 5.41 Å². The lowest BCUT2D eigenvalue weighted by atomic mass is 9.90. The van der Waals surface area contributed by atoms with Gasteiger partial charge in [-0.1, -0.05) is 74.9 Å². The van der Waals surface area contributed by atoms with E-state index in [1.807, 2.05) is 39.0 Å². The van der Waals surface area contributed by atoms with Crippen molar-refractivity contribution in [1.29, 1.82) is 0 Å². The number of aryl methyl sites for hydroxylation is 2. The van der Waals surface area contributed by atoms with E-state index >= 15 is 0 Å². The molecule has 0 unspecified atom stereocenters. The van der Waals surface area contributed by atoms with Gasteiger partial charge in [0.15, 0.2) is 0 Å². The van der Waals surface area contributed by atoms with Gasteiger partial charge < -0.3 is 5.32 Å². The molecule has 0 saturated heterocycles. The van der Waals surface area contributed by atoms with Crippen LogP contribution in [-0.4, -0.2) is 5.91 Å². The fourth-order valence-corrected chi connectivity index (χ4v) is 2.48. The SMILES string of the molecule is Cc1ccc([C@@H](NC(=O)C(C)(C)C)c2ccccc2)c(C)c1. The van der Waals surface area contributed by atoms with Crippen molar-refractivity contribution in [3.05, 3.63) is 70.8 Å². The molecule has 2 heteroatoms. The first-order valence-electron chi connectivity index (χ1n) is 7.72. The summed E-state index contributed by atoms with van der Waals surface area (Å²) in [5, 5.41) is 3.21. The van der Waals surface area contributed by atoms with Crippen molar-refractivity contribution in [3.63, 3.8) is 0 Å². The minimum Gasteiger partial charge on any atom is -0.345 e. The van der Waals surface area contributed by atoms with E-state index in [2.05, 4.69) is 49.5 Å². The number of benzene rings is 2. The maximum absolute atomic E-state index is 12.5. The van der Waals surface area contributed by atoms with E-state index in [9.17, 15) is 4.79 Å². The summed E-state index contributed by atoms with van der Waals surface area (Å²) < 4.78 is 0. The second-order valence-corrected chi connectivity index (χ2v) is 6.93. The number of nitrogens with one attached hydrogen (secondary N) is 1. The van der Waals surface area contributed by atoms with Gasteiger partial charge in [-0.3, -0.25) is 4.79 Å². The third-order valence-electron chi connectivity index (χ3n) is 3.83. The molecule has 2 aromatic carbocycles. The number of carbonyl (C=O) groups excluding carboxylic acids is 1. The Morgan fingerprint density at radius 3 is 2.18 bits per heavy atom. The molecule has 116 valence electrons. The van der Waals surface area contributed by atoms with Crippen molar-refractivity contribution >= 4 is 5.91 Å². The van der Waals surface area contributed by atoms with Crippen LogP contribution in [0.25, 0.3) is 0 Å². The van der Waals surface area contributed by atoms with Crippen molar-refractivity contribution in [1.82, 2.24) is 5.32 Å². The third-order valence-corrected chi connectivity index (χ3v) is 3.83. The Morgan fingerprint density at radius 1 is 1.00 bits per heavy atom. The predicted octanol–water partition coefficient (Wildman–Crippen LogP) is 4.56. The number of amides is 1. The van der Waals surface area contributed by atoms with Crippen LogP contribution in [0.3, 0.4) is 0 Å². The standard InChI is InChI=1S/C20H25NO/c1-14-11-12-17(15(2)13-14)18(16-9-7-6-8-10-16)21-19(22)20(3,4)5/h6-13,18H,1-5H3,(H,21,22)/t18-/m0/s1. The highest BCUT2D eigenvalue weighted by molar-refractivity contribution is 5.82. The summed E-state index contributed by atoms with van der Waals surface area (Å²) in [5.74, 6) is 0.0568. The summed E-state index contributed by atoms with van der Waals surface area (Å²) in [6.07, 6.45) is 0. The quantitative estimate of drug-likeness (QED) is 0.884. The van der Waals surface area contributed by atoms with E-state index in [1.54, 1.807) is 0 Å². The minimum atomic E-state index is -0.411. The largest absolute Gasteiger partial charge is 0.345 e. The highest BCUT2D eigenvalue weighted by Crippen LogP contribution is 2.27. The summed E-state index contributed by atoms with van der Waals surface area (Å²) in [4.78, 5) is 12.5. The molecular weight excluding hydrogens is 270 g/mol. The van der Waals surface area contributed by atoms with Crippen molar-refractivity contribution in [2.45, 2.75) is 40.7 Å². The first-order valence-corrected chi connectivity index (χ1v) is 7.72. The molecule has 0 aliphatic carbocycles. The molecule has 0 saturated carbocycles.